The highest BCUT2D eigenvalue weighted by Crippen LogP contribution is 2.39. The van der Waals surface area contributed by atoms with Crippen molar-refractivity contribution in [3.8, 4) is 12.3 Å². The molecule has 0 bridgehead atoms. The van der Waals surface area contributed by atoms with Gasteiger partial charge in [-0.15, -0.1) is 18.0 Å². The minimum absolute atomic E-state index is 0.0211. The largest absolute Gasteiger partial charge is 0.462 e. The average Bonchev–Trinajstić information content (AvgIpc) is 2.82. The van der Waals surface area contributed by atoms with E-state index in [1.54, 1.807) is 6.08 Å². The average molecular weight is 307 g/mol. The van der Waals surface area contributed by atoms with Crippen molar-refractivity contribution in [3.05, 3.63) is 36.5 Å². The molecule has 1 saturated carbocycles. The molecule has 2 nitrogen and oxygen atoms in total. The molecular formula is C18H23ClO2. The highest BCUT2D eigenvalue weighted by molar-refractivity contribution is 6.20. The highest BCUT2D eigenvalue weighted by atomic mass is 35.5. The molecule has 1 fully saturated rings. The van der Waals surface area contributed by atoms with Crippen LogP contribution in [0.3, 0.4) is 0 Å². The van der Waals surface area contributed by atoms with E-state index < -0.39 is 0 Å². The van der Waals surface area contributed by atoms with Crippen LogP contribution in [-0.2, 0) is 9.53 Å². The van der Waals surface area contributed by atoms with E-state index in [0.717, 1.165) is 19.3 Å². The quantitative estimate of drug-likeness (QED) is 0.317. The molecule has 4 atom stereocenters. The van der Waals surface area contributed by atoms with Gasteiger partial charge in [0, 0.05) is 18.2 Å². The number of terminal acetylenes is 1. The Bertz CT molecular complexity index is 456. The summed E-state index contributed by atoms with van der Waals surface area (Å²) in [5.41, 5.74) is 0. The zero-order valence-corrected chi connectivity index (χ0v) is 13.4. The molecule has 0 radical (unpaired) electrons. The topological polar surface area (TPSA) is 26.3 Å². The summed E-state index contributed by atoms with van der Waals surface area (Å²) in [7, 11) is 0. The van der Waals surface area contributed by atoms with Crippen LogP contribution >= 0.6 is 11.6 Å². The van der Waals surface area contributed by atoms with E-state index in [2.05, 4.69) is 12.0 Å². The molecule has 21 heavy (non-hydrogen) atoms. The molecule has 114 valence electrons. The number of halogens is 1. The summed E-state index contributed by atoms with van der Waals surface area (Å²) < 4.78 is 5.44. The van der Waals surface area contributed by atoms with Crippen LogP contribution in [0.15, 0.2) is 36.5 Å². The van der Waals surface area contributed by atoms with Gasteiger partial charge in [0.05, 0.1) is 0 Å². The van der Waals surface area contributed by atoms with E-state index >= 15 is 0 Å². The monoisotopic (exact) mass is 306 g/mol. The SMILES string of the molecule is C#C/C=C\C[C@@H](Cl)[C@@H]1C[C@@H](/C=C\C=C\C)[C@H](OC(C)=O)C1. The van der Waals surface area contributed by atoms with Crippen LogP contribution in [0.2, 0.25) is 0 Å². The third-order valence-corrected chi connectivity index (χ3v) is 4.19. The Morgan fingerprint density at radius 1 is 1.48 bits per heavy atom. The molecule has 0 amide bonds. The van der Waals surface area contributed by atoms with Gasteiger partial charge in [0.2, 0.25) is 0 Å². The van der Waals surface area contributed by atoms with Gasteiger partial charge in [-0.25, -0.2) is 0 Å². The molecule has 0 heterocycles. The molecule has 0 aromatic rings. The van der Waals surface area contributed by atoms with Gasteiger partial charge in [0.1, 0.15) is 6.10 Å². The zero-order valence-electron chi connectivity index (χ0n) is 12.7. The third-order valence-electron chi connectivity index (χ3n) is 3.65. The molecule has 1 aliphatic rings. The molecule has 0 saturated heterocycles. The normalized spacial score (nSPS) is 27.4. The van der Waals surface area contributed by atoms with E-state index in [-0.39, 0.29) is 23.4 Å². The summed E-state index contributed by atoms with van der Waals surface area (Å²) in [6.45, 7) is 3.42. The predicted molar refractivity (Wildman–Crippen MR) is 88.0 cm³/mol. The van der Waals surface area contributed by atoms with E-state index in [1.165, 1.54) is 6.92 Å². The van der Waals surface area contributed by atoms with Gasteiger partial charge >= 0.3 is 5.97 Å². The molecular weight excluding hydrogens is 284 g/mol. The van der Waals surface area contributed by atoms with E-state index in [0.29, 0.717) is 5.92 Å². The summed E-state index contributed by atoms with van der Waals surface area (Å²) in [6.07, 6.45) is 19.2. The van der Waals surface area contributed by atoms with Gasteiger partial charge < -0.3 is 4.74 Å². The number of ether oxygens (including phenoxy) is 1. The maximum atomic E-state index is 11.2. The fraction of sp³-hybridized carbons (Fsp3) is 0.500. The summed E-state index contributed by atoms with van der Waals surface area (Å²) >= 11 is 6.45. The predicted octanol–water partition coefficient (Wildman–Crippen LogP) is 4.26. The van der Waals surface area contributed by atoms with Gasteiger partial charge in [-0.2, -0.15) is 0 Å². The van der Waals surface area contributed by atoms with Crippen LogP contribution in [0.1, 0.15) is 33.1 Å². The summed E-state index contributed by atoms with van der Waals surface area (Å²) in [6, 6.07) is 0. The Hall–Kier alpha value is -1.46. The molecule has 0 unspecified atom stereocenters. The summed E-state index contributed by atoms with van der Waals surface area (Å²) in [5.74, 6) is 2.79. The highest BCUT2D eigenvalue weighted by Gasteiger charge is 2.37. The Balaban J connectivity index is 2.67. The van der Waals surface area contributed by atoms with Gasteiger partial charge in [0.25, 0.3) is 0 Å². The van der Waals surface area contributed by atoms with E-state index in [1.807, 2.05) is 31.2 Å². The summed E-state index contributed by atoms with van der Waals surface area (Å²) in [4.78, 5) is 11.2. The lowest BCUT2D eigenvalue weighted by molar-refractivity contribution is -0.147. The number of alkyl halides is 1. The van der Waals surface area contributed by atoms with E-state index in [9.17, 15) is 4.79 Å². The van der Waals surface area contributed by atoms with Gasteiger partial charge in [-0.1, -0.05) is 36.3 Å². The molecule has 0 N–H and O–H groups in total. The lowest BCUT2D eigenvalue weighted by Gasteiger charge is -2.16. The number of rotatable bonds is 6. The van der Waals surface area contributed by atoms with Crippen LogP contribution in [0, 0.1) is 24.2 Å². The standard InChI is InChI=1S/C18H23ClO2/c1-4-6-8-10-15-12-16(13-18(15)21-14(3)20)17(19)11-9-7-5-2/h2,4,6-10,15-18H,11-13H2,1,3H3/b6-4+,9-7-,10-8-/t15-,16-,17-,18-/m1/s1. The van der Waals surface area contributed by atoms with Crippen LogP contribution in [0.4, 0.5) is 0 Å². The first-order valence-electron chi connectivity index (χ1n) is 7.30. The molecule has 1 rings (SSSR count). The zero-order chi connectivity index (χ0) is 15.7. The number of carbonyl (C=O) groups is 1. The Labute approximate surface area is 132 Å². The lowest BCUT2D eigenvalue weighted by Crippen LogP contribution is -2.19. The van der Waals surface area contributed by atoms with Gasteiger partial charge in [-0.3, -0.25) is 4.79 Å². The first kappa shape index (κ1) is 17.6. The van der Waals surface area contributed by atoms with Crippen LogP contribution in [0.25, 0.3) is 0 Å². The van der Waals surface area contributed by atoms with Crippen molar-refractivity contribution < 1.29 is 9.53 Å². The molecule has 1 aliphatic carbocycles. The lowest BCUT2D eigenvalue weighted by atomic mass is 9.99. The van der Waals surface area contributed by atoms with Crippen molar-refractivity contribution in [2.24, 2.45) is 11.8 Å². The van der Waals surface area contributed by atoms with Crippen LogP contribution < -0.4 is 0 Å². The summed E-state index contributed by atoms with van der Waals surface area (Å²) in [5, 5.41) is 0.0211. The minimum atomic E-state index is -0.233. The fourth-order valence-electron chi connectivity index (χ4n) is 2.69. The number of allylic oxidation sites excluding steroid dienone is 5. The number of esters is 1. The molecule has 3 heteroatoms. The number of hydrogen-bond acceptors (Lipinski definition) is 2. The van der Waals surface area contributed by atoms with Crippen molar-refractivity contribution in [2.45, 2.75) is 44.6 Å². The Morgan fingerprint density at radius 3 is 2.86 bits per heavy atom. The first-order chi connectivity index (χ1) is 10.1. The third kappa shape index (κ3) is 6.23. The molecule has 0 spiro atoms. The minimum Gasteiger partial charge on any atom is -0.462 e. The van der Waals surface area contributed by atoms with Crippen LogP contribution in [-0.4, -0.2) is 17.5 Å². The number of carbonyl (C=O) groups excluding carboxylic acids is 1. The fourth-order valence-corrected chi connectivity index (χ4v) is 3.00. The van der Waals surface area contributed by atoms with Gasteiger partial charge in [0.15, 0.2) is 0 Å². The molecule has 0 aliphatic heterocycles. The second kappa shape index (κ2) is 9.47. The van der Waals surface area contributed by atoms with Crippen molar-refractivity contribution in [1.29, 1.82) is 0 Å². The van der Waals surface area contributed by atoms with Crippen molar-refractivity contribution in [2.75, 3.05) is 0 Å². The molecule has 0 aromatic heterocycles. The van der Waals surface area contributed by atoms with Gasteiger partial charge in [-0.05, 0) is 38.2 Å². The second-order valence-corrected chi connectivity index (χ2v) is 5.84. The second-order valence-electron chi connectivity index (χ2n) is 5.27. The number of hydrogen-bond donors (Lipinski definition) is 0. The maximum Gasteiger partial charge on any atom is 0.302 e. The van der Waals surface area contributed by atoms with Crippen molar-refractivity contribution >= 4 is 17.6 Å². The maximum absolute atomic E-state index is 11.2. The van der Waals surface area contributed by atoms with Crippen LogP contribution in [0.5, 0.6) is 0 Å². The molecule has 0 aromatic carbocycles. The Morgan fingerprint density at radius 2 is 2.24 bits per heavy atom. The van der Waals surface area contributed by atoms with Crippen molar-refractivity contribution in [1.82, 2.24) is 0 Å². The first-order valence-corrected chi connectivity index (χ1v) is 7.74. The van der Waals surface area contributed by atoms with Crippen molar-refractivity contribution in [3.63, 3.8) is 0 Å². The van der Waals surface area contributed by atoms with E-state index in [4.69, 9.17) is 22.8 Å². The Kier molecular flexibility index (Phi) is 7.93. The smallest absolute Gasteiger partial charge is 0.302 e.